The summed E-state index contributed by atoms with van der Waals surface area (Å²) in [4.78, 5) is 4.36. The second-order valence-electron chi connectivity index (χ2n) is 6.23. The minimum atomic E-state index is -0.569. The summed E-state index contributed by atoms with van der Waals surface area (Å²) in [5, 5.41) is 10.9. The van der Waals surface area contributed by atoms with Crippen LogP contribution in [0.25, 0.3) is 0 Å². The molecule has 0 aromatic carbocycles. The molecule has 1 aromatic heterocycles. The third-order valence-electron chi connectivity index (χ3n) is 4.40. The number of rotatable bonds is 3. The third-order valence-corrected chi connectivity index (χ3v) is 5.77. The number of aliphatic hydroxyl groups is 1. The Morgan fingerprint density at radius 2 is 1.95 bits per heavy atom. The molecule has 0 spiro atoms. The van der Waals surface area contributed by atoms with E-state index in [1.165, 1.54) is 0 Å². The maximum Gasteiger partial charge on any atom is 0.164 e. The minimum absolute atomic E-state index is 0.0472. The van der Waals surface area contributed by atoms with E-state index in [0.717, 1.165) is 5.03 Å². The van der Waals surface area contributed by atoms with Crippen LogP contribution >= 0.6 is 11.8 Å². The van der Waals surface area contributed by atoms with Crippen molar-refractivity contribution in [3.8, 4) is 0 Å². The first kappa shape index (κ1) is 14.0. The molecular weight excluding hydrogens is 290 g/mol. The lowest BCUT2D eigenvalue weighted by Gasteiger charge is -2.31. The van der Waals surface area contributed by atoms with Crippen molar-refractivity contribution in [2.24, 2.45) is 5.92 Å². The molecule has 114 valence electrons. The van der Waals surface area contributed by atoms with Gasteiger partial charge in [0.25, 0.3) is 0 Å². The molecule has 4 rings (SSSR count). The van der Waals surface area contributed by atoms with Crippen LogP contribution in [0.1, 0.15) is 13.8 Å². The average molecular weight is 309 g/mol. The van der Waals surface area contributed by atoms with Gasteiger partial charge in [-0.1, -0.05) is 17.8 Å². The summed E-state index contributed by atoms with van der Waals surface area (Å²) in [6.45, 7) is 3.96. The molecule has 3 saturated heterocycles. The molecule has 0 amide bonds. The van der Waals surface area contributed by atoms with Gasteiger partial charge in [0.15, 0.2) is 5.79 Å². The first-order valence-corrected chi connectivity index (χ1v) is 8.17. The summed E-state index contributed by atoms with van der Waals surface area (Å²) in [6.07, 6.45) is 1.53. The highest BCUT2D eigenvalue weighted by Gasteiger charge is 2.65. The SMILES string of the molecule is CC1(C)O[C@@H]2[C@H](O1)[C@@H]1O[C@H]2[C@H](CO)[C@@H]1Sc1ccccn1. The smallest absolute Gasteiger partial charge is 0.164 e. The van der Waals surface area contributed by atoms with Gasteiger partial charge >= 0.3 is 0 Å². The molecule has 3 aliphatic rings. The maximum atomic E-state index is 9.78. The maximum absolute atomic E-state index is 9.78. The van der Waals surface area contributed by atoms with E-state index in [-0.39, 0.29) is 42.2 Å². The Labute approximate surface area is 128 Å². The van der Waals surface area contributed by atoms with Crippen molar-refractivity contribution >= 4 is 11.8 Å². The first-order valence-electron chi connectivity index (χ1n) is 7.29. The standard InChI is InChI=1S/C15H19NO4S/c1-15(2)19-11-10-8(7-17)14(13(18-10)12(11)20-15)21-9-5-3-4-6-16-9/h3-6,8,10-14,17H,7H2,1-2H3/t8-,10-,11-,12-,13-,14-/m0/s1. The highest BCUT2D eigenvalue weighted by atomic mass is 32.2. The zero-order valence-electron chi connectivity index (χ0n) is 12.0. The quantitative estimate of drug-likeness (QED) is 0.912. The van der Waals surface area contributed by atoms with Gasteiger partial charge in [0.1, 0.15) is 12.2 Å². The monoisotopic (exact) mass is 309 g/mol. The highest BCUT2D eigenvalue weighted by Crippen LogP contribution is 2.52. The summed E-state index contributed by atoms with van der Waals surface area (Å²) in [6, 6.07) is 5.86. The zero-order valence-corrected chi connectivity index (χ0v) is 12.8. The average Bonchev–Trinajstić information content (AvgIpc) is 3.06. The van der Waals surface area contributed by atoms with Crippen molar-refractivity contribution < 1.29 is 19.3 Å². The van der Waals surface area contributed by atoms with Gasteiger partial charge in [0.05, 0.1) is 17.2 Å². The van der Waals surface area contributed by atoms with Crippen molar-refractivity contribution in [3.05, 3.63) is 24.4 Å². The van der Waals surface area contributed by atoms with E-state index in [1.54, 1.807) is 18.0 Å². The van der Waals surface area contributed by atoms with Crippen LogP contribution in [0, 0.1) is 5.92 Å². The molecule has 21 heavy (non-hydrogen) atoms. The number of thioether (sulfide) groups is 1. The molecule has 0 aliphatic carbocycles. The van der Waals surface area contributed by atoms with Crippen LogP contribution in [-0.2, 0) is 14.2 Å². The first-order chi connectivity index (χ1) is 10.1. The van der Waals surface area contributed by atoms with Crippen molar-refractivity contribution in [1.29, 1.82) is 0 Å². The van der Waals surface area contributed by atoms with E-state index < -0.39 is 5.79 Å². The number of nitrogens with zero attached hydrogens (tertiary/aromatic N) is 1. The number of aliphatic hydroxyl groups excluding tert-OH is 1. The molecule has 6 heteroatoms. The Balaban J connectivity index is 1.58. The molecule has 0 unspecified atom stereocenters. The number of ether oxygens (including phenoxy) is 3. The van der Waals surface area contributed by atoms with Crippen molar-refractivity contribution in [2.75, 3.05) is 6.61 Å². The van der Waals surface area contributed by atoms with Gasteiger partial charge in [-0.25, -0.2) is 4.98 Å². The predicted octanol–water partition coefficient (Wildman–Crippen LogP) is 1.45. The van der Waals surface area contributed by atoms with Crippen LogP contribution in [0.15, 0.2) is 29.4 Å². The summed E-state index contributed by atoms with van der Waals surface area (Å²) in [7, 11) is 0. The lowest BCUT2D eigenvalue weighted by atomic mass is 9.85. The molecule has 0 radical (unpaired) electrons. The van der Waals surface area contributed by atoms with E-state index in [9.17, 15) is 5.11 Å². The summed E-state index contributed by atoms with van der Waals surface area (Å²) >= 11 is 1.66. The van der Waals surface area contributed by atoms with Crippen molar-refractivity contribution in [2.45, 2.75) is 54.3 Å². The highest BCUT2D eigenvalue weighted by molar-refractivity contribution is 8.00. The van der Waals surface area contributed by atoms with Crippen molar-refractivity contribution in [1.82, 2.24) is 4.98 Å². The van der Waals surface area contributed by atoms with Gasteiger partial charge in [0, 0.05) is 24.0 Å². The van der Waals surface area contributed by atoms with Crippen LogP contribution in [0.3, 0.4) is 0 Å². The molecule has 6 atom stereocenters. The van der Waals surface area contributed by atoms with Gasteiger partial charge < -0.3 is 19.3 Å². The Kier molecular flexibility index (Phi) is 3.28. The topological polar surface area (TPSA) is 60.8 Å². The number of pyridine rings is 1. The summed E-state index contributed by atoms with van der Waals surface area (Å²) in [5.74, 6) is -0.513. The molecule has 5 nitrogen and oxygen atoms in total. The number of aromatic nitrogens is 1. The van der Waals surface area contributed by atoms with Gasteiger partial charge in [-0.05, 0) is 26.0 Å². The number of fused-ring (bicyclic) bond motifs is 5. The molecule has 1 aromatic rings. The van der Waals surface area contributed by atoms with Gasteiger partial charge in [0.2, 0.25) is 0 Å². The molecular formula is C15H19NO4S. The largest absolute Gasteiger partial charge is 0.396 e. The molecule has 3 fully saturated rings. The van der Waals surface area contributed by atoms with Gasteiger partial charge in [-0.3, -0.25) is 0 Å². The number of hydrogen-bond donors (Lipinski definition) is 1. The Hall–Kier alpha value is -0.660. The minimum Gasteiger partial charge on any atom is -0.396 e. The molecule has 4 heterocycles. The van der Waals surface area contributed by atoms with E-state index in [1.807, 2.05) is 32.0 Å². The van der Waals surface area contributed by atoms with E-state index in [2.05, 4.69) is 4.98 Å². The van der Waals surface area contributed by atoms with Crippen LogP contribution in [-0.4, -0.2) is 52.2 Å². The lowest BCUT2D eigenvalue weighted by Crippen LogP contribution is -2.47. The Bertz CT molecular complexity index is 526. The molecule has 2 bridgehead atoms. The Morgan fingerprint density at radius 3 is 2.62 bits per heavy atom. The van der Waals surface area contributed by atoms with Gasteiger partial charge in [-0.2, -0.15) is 0 Å². The van der Waals surface area contributed by atoms with Crippen molar-refractivity contribution in [3.63, 3.8) is 0 Å². The molecule has 0 saturated carbocycles. The van der Waals surface area contributed by atoms with Crippen LogP contribution in [0.5, 0.6) is 0 Å². The summed E-state index contributed by atoms with van der Waals surface area (Å²) < 4.78 is 18.0. The fraction of sp³-hybridized carbons (Fsp3) is 0.667. The third kappa shape index (κ3) is 2.21. The van der Waals surface area contributed by atoms with Gasteiger partial charge in [-0.15, -0.1) is 0 Å². The second kappa shape index (κ2) is 4.93. The van der Waals surface area contributed by atoms with Crippen LogP contribution < -0.4 is 0 Å². The number of hydrogen-bond acceptors (Lipinski definition) is 6. The van der Waals surface area contributed by atoms with E-state index in [4.69, 9.17) is 14.2 Å². The second-order valence-corrected chi connectivity index (χ2v) is 7.43. The molecule has 3 aliphatic heterocycles. The predicted molar refractivity (Wildman–Crippen MR) is 76.9 cm³/mol. The van der Waals surface area contributed by atoms with Crippen LogP contribution in [0.4, 0.5) is 0 Å². The summed E-state index contributed by atoms with van der Waals surface area (Å²) in [5.41, 5.74) is 0. The van der Waals surface area contributed by atoms with Crippen LogP contribution in [0.2, 0.25) is 0 Å². The fourth-order valence-electron chi connectivity index (χ4n) is 3.62. The normalized spacial score (nSPS) is 43.2. The van der Waals surface area contributed by atoms with E-state index in [0.29, 0.717) is 0 Å². The van der Waals surface area contributed by atoms with E-state index >= 15 is 0 Å². The Morgan fingerprint density at radius 1 is 1.19 bits per heavy atom. The molecule has 1 N–H and O–H groups in total. The fourth-order valence-corrected chi connectivity index (χ4v) is 4.95. The zero-order chi connectivity index (χ0) is 14.6. The lowest BCUT2D eigenvalue weighted by molar-refractivity contribution is -0.178.